The number of hydrogen-bond donors (Lipinski definition) is 1. The van der Waals surface area contributed by atoms with Crippen molar-refractivity contribution in [3.05, 3.63) is 69.5 Å². The molecule has 0 saturated heterocycles. The molecule has 1 unspecified atom stereocenters. The van der Waals surface area contributed by atoms with Gasteiger partial charge in [0.1, 0.15) is 11.6 Å². The lowest BCUT2D eigenvalue weighted by Crippen LogP contribution is -2.48. The van der Waals surface area contributed by atoms with E-state index in [9.17, 15) is 13.2 Å². The molecule has 0 radical (unpaired) electrons. The van der Waals surface area contributed by atoms with E-state index < -0.39 is 21.2 Å². The Balaban J connectivity index is 1.48. The number of hydrogen-bond acceptors (Lipinski definition) is 6. The van der Waals surface area contributed by atoms with Crippen molar-refractivity contribution in [2.24, 2.45) is 23.7 Å². The van der Waals surface area contributed by atoms with Crippen LogP contribution in [0.1, 0.15) is 67.4 Å². The number of ether oxygens (including phenoxy) is 2. The Morgan fingerprint density at radius 1 is 1.14 bits per heavy atom. The second-order valence-corrected chi connectivity index (χ2v) is 15.1. The first kappa shape index (κ1) is 30.4. The number of benzene rings is 2. The van der Waals surface area contributed by atoms with Crippen molar-refractivity contribution >= 4 is 33.2 Å². The number of sulfonamides is 1. The molecule has 43 heavy (non-hydrogen) atoms. The molecule has 2 aliphatic heterocycles. The van der Waals surface area contributed by atoms with Crippen LogP contribution in [-0.2, 0) is 27.7 Å². The first-order chi connectivity index (χ1) is 20.6. The summed E-state index contributed by atoms with van der Waals surface area (Å²) < 4.78 is 57.0. The zero-order valence-corrected chi connectivity index (χ0v) is 26.5. The van der Waals surface area contributed by atoms with E-state index in [-0.39, 0.29) is 46.2 Å². The lowest BCUT2D eigenvalue weighted by Gasteiger charge is -2.48. The van der Waals surface area contributed by atoms with Gasteiger partial charge in [0.2, 0.25) is 10.0 Å². The minimum absolute atomic E-state index is 0.0661. The molecular weight excluding hydrogens is 591 g/mol. The first-order valence-corrected chi connectivity index (χ1v) is 17.3. The van der Waals surface area contributed by atoms with Gasteiger partial charge in [-0.1, -0.05) is 30.7 Å². The maximum Gasteiger partial charge on any atom is 0.264 e. The molecule has 7 nitrogen and oxygen atoms in total. The highest BCUT2D eigenvalue weighted by Crippen LogP contribution is 2.48. The summed E-state index contributed by atoms with van der Waals surface area (Å²) >= 11 is 6.22. The number of methoxy groups -OCH3 is 1. The normalized spacial score (nSPS) is 30.6. The molecule has 4 aliphatic rings. The smallest absolute Gasteiger partial charge is 0.264 e. The van der Waals surface area contributed by atoms with Crippen molar-refractivity contribution in [1.82, 2.24) is 4.72 Å². The molecule has 1 N–H and O–H groups in total. The monoisotopic (exact) mass is 630 g/mol. The maximum absolute atomic E-state index is 15.4. The topological polar surface area (TPSA) is 84.9 Å². The highest BCUT2D eigenvalue weighted by Gasteiger charge is 2.46. The summed E-state index contributed by atoms with van der Waals surface area (Å²) in [7, 11) is -2.23. The van der Waals surface area contributed by atoms with Crippen LogP contribution in [0, 0.1) is 29.5 Å². The Hall–Kier alpha value is -2.62. The van der Waals surface area contributed by atoms with Gasteiger partial charge in [-0.3, -0.25) is 4.79 Å². The van der Waals surface area contributed by atoms with E-state index in [1.807, 2.05) is 13.0 Å². The van der Waals surface area contributed by atoms with E-state index >= 15 is 4.39 Å². The number of nitrogens with zero attached hydrogens (tertiary/aromatic N) is 1. The first-order valence-electron chi connectivity index (χ1n) is 15.3. The summed E-state index contributed by atoms with van der Waals surface area (Å²) in [5, 5.41) is -0.667. The second-order valence-electron chi connectivity index (χ2n) is 12.6. The van der Waals surface area contributed by atoms with E-state index in [0.717, 1.165) is 43.2 Å². The number of rotatable bonds is 1. The minimum Gasteiger partial charge on any atom is -0.491 e. The number of fused-ring (bicyclic) bond motifs is 4. The summed E-state index contributed by atoms with van der Waals surface area (Å²) in [4.78, 5) is 15.6. The third-order valence-corrected chi connectivity index (χ3v) is 12.5. The van der Waals surface area contributed by atoms with E-state index in [4.69, 9.17) is 21.1 Å². The molecule has 2 aliphatic carbocycles. The largest absolute Gasteiger partial charge is 0.491 e. The van der Waals surface area contributed by atoms with E-state index in [1.54, 1.807) is 38.3 Å². The third-order valence-electron chi connectivity index (χ3n) is 10.3. The Kier molecular flexibility index (Phi) is 8.52. The van der Waals surface area contributed by atoms with Crippen molar-refractivity contribution in [3.63, 3.8) is 0 Å². The van der Waals surface area contributed by atoms with Crippen LogP contribution in [0.25, 0.3) is 0 Å². The number of carbonyl (C=O) groups excluding carboxylic acids is 1. The number of halogens is 2. The fraction of sp³-hybridized carbons (Fsp3) is 0.545. The summed E-state index contributed by atoms with van der Waals surface area (Å²) in [6, 6.07) is 8.57. The highest BCUT2D eigenvalue weighted by atomic mass is 35.5. The van der Waals surface area contributed by atoms with Crippen LogP contribution in [0.2, 0.25) is 5.02 Å². The lowest BCUT2D eigenvalue weighted by molar-refractivity contribution is -0.00498. The molecule has 2 heterocycles. The van der Waals surface area contributed by atoms with Crippen LogP contribution in [0.5, 0.6) is 5.75 Å². The van der Waals surface area contributed by atoms with E-state index in [2.05, 4.69) is 15.7 Å². The van der Waals surface area contributed by atoms with Gasteiger partial charge in [-0.25, -0.2) is 17.5 Å². The van der Waals surface area contributed by atoms with Crippen LogP contribution in [0.3, 0.4) is 0 Å². The van der Waals surface area contributed by atoms with Gasteiger partial charge in [-0.15, -0.1) is 0 Å². The van der Waals surface area contributed by atoms with Gasteiger partial charge in [0.15, 0.2) is 0 Å². The van der Waals surface area contributed by atoms with Gasteiger partial charge in [0.05, 0.1) is 28.7 Å². The van der Waals surface area contributed by atoms with Gasteiger partial charge >= 0.3 is 0 Å². The molecular formula is C33H40ClFN2O5S. The molecule has 2 aromatic rings. The summed E-state index contributed by atoms with van der Waals surface area (Å²) in [6.07, 6.45) is 6.90. The average molecular weight is 631 g/mol. The van der Waals surface area contributed by atoms with Gasteiger partial charge in [-0.2, -0.15) is 0 Å². The third kappa shape index (κ3) is 5.69. The molecule has 2 aromatic carbocycles. The molecule has 10 heteroatoms. The van der Waals surface area contributed by atoms with Crippen molar-refractivity contribution < 1.29 is 27.1 Å². The number of allylic oxidation sites excluding steroid dienone is 1. The van der Waals surface area contributed by atoms with Crippen LogP contribution in [-0.4, -0.2) is 45.9 Å². The predicted molar refractivity (Wildman–Crippen MR) is 166 cm³/mol. The van der Waals surface area contributed by atoms with Crippen molar-refractivity contribution in [2.45, 2.75) is 70.3 Å². The average Bonchev–Trinajstić information content (AvgIpc) is 2.98. The van der Waals surface area contributed by atoms with Crippen molar-refractivity contribution in [2.75, 3.05) is 25.2 Å². The minimum atomic E-state index is -3.96. The predicted octanol–water partition coefficient (Wildman–Crippen LogP) is 6.29. The van der Waals surface area contributed by atoms with Crippen LogP contribution in [0.15, 0.2) is 42.0 Å². The highest BCUT2D eigenvalue weighted by molar-refractivity contribution is 7.90. The summed E-state index contributed by atoms with van der Waals surface area (Å²) in [5.41, 5.74) is 3.53. The molecule has 232 valence electrons. The Morgan fingerprint density at radius 3 is 2.65 bits per heavy atom. The van der Waals surface area contributed by atoms with E-state index in [0.29, 0.717) is 43.1 Å². The molecule has 0 aromatic heterocycles. The fourth-order valence-electron chi connectivity index (χ4n) is 7.31. The van der Waals surface area contributed by atoms with Crippen LogP contribution < -0.4 is 14.4 Å². The Morgan fingerprint density at radius 2 is 1.95 bits per heavy atom. The van der Waals surface area contributed by atoms with Gasteiger partial charge < -0.3 is 14.4 Å². The number of amides is 1. The second kappa shape index (κ2) is 12.1. The van der Waals surface area contributed by atoms with E-state index in [1.165, 1.54) is 0 Å². The molecule has 2 bridgehead atoms. The summed E-state index contributed by atoms with van der Waals surface area (Å²) in [5.74, 6) is -0.0349. The Labute approximate surface area is 258 Å². The standard InChI is InChI=1S/C33H40ClFN2O5S/c1-19-20(2)43(39,40)36-33(38)21-9-14-30-29(16-21)37(18-23-7-10-26(23)32(41-3)27-12-11-24(19)27)17-22-8-13-28(34)31(35)25(22)6-4-5-15-42-30/h8-9,12-14,16,19-20,23-24,26,32H,4-7,10-11,15,17-18H2,1-3H3,(H,36,38)/t19-,20-,23+,24?,26-,32-/m1/s1. The van der Waals surface area contributed by atoms with Crippen LogP contribution in [0.4, 0.5) is 10.1 Å². The van der Waals surface area contributed by atoms with Crippen LogP contribution >= 0.6 is 11.6 Å². The summed E-state index contributed by atoms with van der Waals surface area (Å²) in [6.45, 7) is 5.10. The van der Waals surface area contributed by atoms with Crippen molar-refractivity contribution in [3.8, 4) is 5.75 Å². The molecule has 6 atom stereocenters. The maximum atomic E-state index is 15.4. The molecule has 1 saturated carbocycles. The number of anilines is 1. The zero-order chi connectivity index (χ0) is 30.5. The van der Waals surface area contributed by atoms with Gasteiger partial charge in [-0.05, 0) is 110 Å². The molecule has 0 spiro atoms. The zero-order valence-electron chi connectivity index (χ0n) is 24.9. The number of carbonyl (C=O) groups is 1. The van der Waals surface area contributed by atoms with Gasteiger partial charge in [0, 0.05) is 25.8 Å². The fourth-order valence-corrected chi connectivity index (χ4v) is 8.80. The SMILES string of the molecule is CO[C@H]1C2=CCC2[C@H](C)[C@@H](C)S(=O)(=O)NC(=O)c2ccc3c(c2)N(Cc2ccc(Cl)c(F)c2CCCCO3)C[C@@H]2CC[C@H]21. The Bertz CT molecular complexity index is 1550. The number of nitrogens with one attached hydrogen (secondary N) is 1. The molecule has 6 rings (SSSR count). The lowest BCUT2D eigenvalue weighted by atomic mass is 9.63. The molecule has 1 amide bonds. The molecule has 1 fully saturated rings. The van der Waals surface area contributed by atoms with Gasteiger partial charge in [0.25, 0.3) is 5.91 Å². The quantitative estimate of drug-likeness (QED) is 0.373. The van der Waals surface area contributed by atoms with Crippen molar-refractivity contribution in [1.29, 1.82) is 0 Å².